The SMILES string of the molecule is CCCN1CC(C)Oc2ccc(S(=O)(=O)CCCN)cc21. The second-order valence-electron chi connectivity index (χ2n) is 5.47. The highest BCUT2D eigenvalue weighted by molar-refractivity contribution is 7.91. The minimum absolute atomic E-state index is 0.0906. The van der Waals surface area contributed by atoms with E-state index in [-0.39, 0.29) is 11.9 Å². The number of sulfone groups is 1. The number of hydrogen-bond donors (Lipinski definition) is 1. The van der Waals surface area contributed by atoms with Crippen molar-refractivity contribution in [2.45, 2.75) is 37.7 Å². The zero-order valence-corrected chi connectivity index (χ0v) is 13.5. The van der Waals surface area contributed by atoms with Gasteiger partial charge in [-0.25, -0.2) is 8.42 Å². The van der Waals surface area contributed by atoms with E-state index in [1.54, 1.807) is 18.2 Å². The van der Waals surface area contributed by atoms with Gasteiger partial charge in [0.25, 0.3) is 0 Å². The molecule has 0 fully saturated rings. The molecule has 0 spiro atoms. The van der Waals surface area contributed by atoms with E-state index in [9.17, 15) is 8.42 Å². The Labute approximate surface area is 127 Å². The van der Waals surface area contributed by atoms with Crippen LogP contribution >= 0.6 is 0 Å². The minimum Gasteiger partial charge on any atom is -0.487 e. The zero-order valence-electron chi connectivity index (χ0n) is 12.7. The maximum atomic E-state index is 12.3. The molecule has 0 saturated carbocycles. The number of ether oxygens (including phenoxy) is 1. The van der Waals surface area contributed by atoms with Crippen molar-refractivity contribution in [3.8, 4) is 5.75 Å². The van der Waals surface area contributed by atoms with Crippen LogP contribution < -0.4 is 15.4 Å². The molecule has 118 valence electrons. The summed E-state index contributed by atoms with van der Waals surface area (Å²) < 4.78 is 30.4. The highest BCUT2D eigenvalue weighted by Crippen LogP contribution is 2.35. The zero-order chi connectivity index (χ0) is 15.5. The highest BCUT2D eigenvalue weighted by Gasteiger charge is 2.25. The maximum Gasteiger partial charge on any atom is 0.178 e. The molecule has 1 aliphatic heterocycles. The van der Waals surface area contributed by atoms with Crippen LogP contribution in [0.2, 0.25) is 0 Å². The summed E-state index contributed by atoms with van der Waals surface area (Å²) in [6, 6.07) is 5.14. The monoisotopic (exact) mass is 312 g/mol. The lowest BCUT2D eigenvalue weighted by Crippen LogP contribution is -2.38. The first-order valence-electron chi connectivity index (χ1n) is 7.46. The Morgan fingerprint density at radius 1 is 1.43 bits per heavy atom. The van der Waals surface area contributed by atoms with Crippen molar-refractivity contribution in [3.05, 3.63) is 18.2 Å². The summed E-state index contributed by atoms with van der Waals surface area (Å²) in [4.78, 5) is 2.56. The molecule has 0 amide bonds. The fraction of sp³-hybridized carbons (Fsp3) is 0.600. The number of nitrogens with zero attached hydrogens (tertiary/aromatic N) is 1. The third-order valence-corrected chi connectivity index (χ3v) is 5.34. The first kappa shape index (κ1) is 16.1. The van der Waals surface area contributed by atoms with Crippen molar-refractivity contribution < 1.29 is 13.2 Å². The maximum absolute atomic E-state index is 12.3. The van der Waals surface area contributed by atoms with E-state index in [0.29, 0.717) is 17.9 Å². The van der Waals surface area contributed by atoms with Gasteiger partial charge in [-0.15, -0.1) is 0 Å². The van der Waals surface area contributed by atoms with Gasteiger partial charge in [-0.1, -0.05) is 6.92 Å². The predicted molar refractivity (Wildman–Crippen MR) is 84.8 cm³/mol. The van der Waals surface area contributed by atoms with Gasteiger partial charge in [0.05, 0.1) is 22.9 Å². The Bertz CT molecular complexity index is 587. The molecule has 2 N–H and O–H groups in total. The van der Waals surface area contributed by atoms with Gasteiger partial charge in [0, 0.05) is 6.54 Å². The molecule has 0 aromatic heterocycles. The average molecular weight is 312 g/mol. The van der Waals surface area contributed by atoms with Crippen molar-refractivity contribution in [1.82, 2.24) is 0 Å². The molecule has 1 aliphatic rings. The van der Waals surface area contributed by atoms with Crippen molar-refractivity contribution in [2.24, 2.45) is 5.73 Å². The number of benzene rings is 1. The van der Waals surface area contributed by atoms with Crippen LogP contribution in [0.5, 0.6) is 5.75 Å². The van der Waals surface area contributed by atoms with Gasteiger partial charge in [0.2, 0.25) is 0 Å². The third-order valence-electron chi connectivity index (χ3n) is 3.55. The van der Waals surface area contributed by atoms with E-state index in [2.05, 4.69) is 11.8 Å². The molecule has 0 saturated heterocycles. The van der Waals surface area contributed by atoms with Gasteiger partial charge in [0.15, 0.2) is 9.84 Å². The van der Waals surface area contributed by atoms with E-state index in [1.807, 2.05) is 6.92 Å². The van der Waals surface area contributed by atoms with E-state index in [0.717, 1.165) is 30.9 Å². The Hall–Kier alpha value is -1.27. The molecule has 5 nitrogen and oxygen atoms in total. The predicted octanol–water partition coefficient (Wildman–Crippen LogP) is 1.81. The van der Waals surface area contributed by atoms with E-state index < -0.39 is 9.84 Å². The van der Waals surface area contributed by atoms with Gasteiger partial charge in [-0.3, -0.25) is 0 Å². The topological polar surface area (TPSA) is 72.6 Å². The van der Waals surface area contributed by atoms with Gasteiger partial charge >= 0.3 is 0 Å². The number of anilines is 1. The number of nitrogens with two attached hydrogens (primary N) is 1. The Morgan fingerprint density at radius 3 is 2.86 bits per heavy atom. The first-order valence-corrected chi connectivity index (χ1v) is 9.11. The van der Waals surface area contributed by atoms with Gasteiger partial charge < -0.3 is 15.4 Å². The van der Waals surface area contributed by atoms with Crippen molar-refractivity contribution in [3.63, 3.8) is 0 Å². The average Bonchev–Trinajstić information content (AvgIpc) is 2.45. The summed E-state index contributed by atoms with van der Waals surface area (Å²) in [5.74, 6) is 0.854. The van der Waals surface area contributed by atoms with Gasteiger partial charge in [0.1, 0.15) is 11.9 Å². The second kappa shape index (κ2) is 6.66. The largest absolute Gasteiger partial charge is 0.487 e. The Balaban J connectivity index is 2.35. The Morgan fingerprint density at radius 2 is 2.19 bits per heavy atom. The van der Waals surface area contributed by atoms with Crippen LogP contribution in [-0.2, 0) is 9.84 Å². The van der Waals surface area contributed by atoms with Crippen LogP contribution in [0.1, 0.15) is 26.7 Å². The molecule has 1 unspecified atom stereocenters. The highest BCUT2D eigenvalue weighted by atomic mass is 32.2. The summed E-state index contributed by atoms with van der Waals surface area (Å²) in [6.07, 6.45) is 1.60. The molecule has 0 aliphatic carbocycles. The lowest BCUT2D eigenvalue weighted by atomic mass is 10.2. The molecular weight excluding hydrogens is 288 g/mol. The lowest BCUT2D eigenvalue weighted by molar-refractivity contribution is 0.212. The van der Waals surface area contributed by atoms with Crippen LogP contribution in [0.15, 0.2) is 23.1 Å². The number of fused-ring (bicyclic) bond motifs is 1. The summed E-state index contributed by atoms with van der Waals surface area (Å²) in [5.41, 5.74) is 6.29. The molecule has 1 aromatic carbocycles. The summed E-state index contributed by atoms with van der Waals surface area (Å²) in [6.45, 7) is 6.20. The molecule has 0 bridgehead atoms. The molecule has 21 heavy (non-hydrogen) atoms. The van der Waals surface area contributed by atoms with Crippen LogP contribution in [-0.4, -0.2) is 39.9 Å². The van der Waals surface area contributed by atoms with Crippen LogP contribution in [0.3, 0.4) is 0 Å². The quantitative estimate of drug-likeness (QED) is 0.867. The molecule has 0 radical (unpaired) electrons. The summed E-state index contributed by atoms with van der Waals surface area (Å²) >= 11 is 0. The first-order chi connectivity index (χ1) is 9.97. The lowest BCUT2D eigenvalue weighted by Gasteiger charge is -2.35. The normalized spacial score (nSPS) is 18.2. The standard InChI is InChI=1S/C15H24N2O3S/c1-3-8-17-11-12(2)20-15-6-5-13(10-14(15)17)21(18,19)9-4-7-16/h5-6,10,12H,3-4,7-9,11,16H2,1-2H3. The van der Waals surface area contributed by atoms with Crippen LogP contribution in [0, 0.1) is 0 Å². The second-order valence-corrected chi connectivity index (χ2v) is 7.57. The molecule has 1 atom stereocenters. The number of hydrogen-bond acceptors (Lipinski definition) is 5. The molecule has 1 aromatic rings. The van der Waals surface area contributed by atoms with E-state index in [4.69, 9.17) is 10.5 Å². The van der Waals surface area contributed by atoms with Crippen molar-refractivity contribution in [2.75, 3.05) is 30.3 Å². The number of rotatable bonds is 6. The fourth-order valence-electron chi connectivity index (χ4n) is 2.57. The summed E-state index contributed by atoms with van der Waals surface area (Å²) in [7, 11) is -3.27. The van der Waals surface area contributed by atoms with Crippen LogP contribution in [0.4, 0.5) is 5.69 Å². The van der Waals surface area contributed by atoms with Crippen LogP contribution in [0.25, 0.3) is 0 Å². The molecule has 1 heterocycles. The van der Waals surface area contributed by atoms with Crippen molar-refractivity contribution >= 4 is 15.5 Å². The van der Waals surface area contributed by atoms with Gasteiger partial charge in [-0.05, 0) is 44.5 Å². The molecule has 2 rings (SSSR count). The third kappa shape index (κ3) is 3.68. The fourth-order valence-corrected chi connectivity index (χ4v) is 3.92. The smallest absolute Gasteiger partial charge is 0.178 e. The molecular formula is C15H24N2O3S. The summed E-state index contributed by atoms with van der Waals surface area (Å²) in [5, 5.41) is 0. The minimum atomic E-state index is -3.27. The van der Waals surface area contributed by atoms with E-state index >= 15 is 0 Å². The van der Waals surface area contributed by atoms with Gasteiger partial charge in [-0.2, -0.15) is 0 Å². The molecule has 6 heteroatoms. The van der Waals surface area contributed by atoms with E-state index in [1.165, 1.54) is 0 Å². The Kier molecular flexibility index (Phi) is 5.11. The van der Waals surface area contributed by atoms with Crippen molar-refractivity contribution in [1.29, 1.82) is 0 Å².